The summed E-state index contributed by atoms with van der Waals surface area (Å²) in [6.45, 7) is 3.10. The zero-order valence-corrected chi connectivity index (χ0v) is 11.5. The number of hydrogen-bond donors (Lipinski definition) is 3. The fourth-order valence-electron chi connectivity index (χ4n) is 2.29. The minimum absolute atomic E-state index is 0.152. The molecule has 1 aromatic carbocycles. The van der Waals surface area contributed by atoms with E-state index >= 15 is 0 Å². The number of aliphatic hydroxyl groups is 2. The van der Waals surface area contributed by atoms with Gasteiger partial charge < -0.3 is 19.9 Å². The first-order valence-electron chi connectivity index (χ1n) is 6.43. The Morgan fingerprint density at radius 2 is 2.00 bits per heavy atom. The molecule has 0 aliphatic rings. The highest BCUT2D eigenvalue weighted by atomic mass is 16.4. The predicted molar refractivity (Wildman–Crippen MR) is 73.9 cm³/mol. The summed E-state index contributed by atoms with van der Waals surface area (Å²) in [5, 5.41) is 28.3. The first-order valence-corrected chi connectivity index (χ1v) is 6.43. The van der Waals surface area contributed by atoms with Crippen molar-refractivity contribution in [1.29, 1.82) is 0 Å². The van der Waals surface area contributed by atoms with E-state index in [0.717, 1.165) is 0 Å². The monoisotopic (exact) mass is 278 g/mol. The average Bonchev–Trinajstić information content (AvgIpc) is 2.84. The third-order valence-electron chi connectivity index (χ3n) is 3.51. The number of fused-ring (bicyclic) bond motifs is 1. The van der Waals surface area contributed by atoms with E-state index in [-0.39, 0.29) is 18.8 Å². The molecule has 20 heavy (non-hydrogen) atoms. The van der Waals surface area contributed by atoms with Crippen LogP contribution in [0.5, 0.6) is 0 Å². The largest absolute Gasteiger partial charge is 0.478 e. The second-order valence-corrected chi connectivity index (χ2v) is 5.04. The molecule has 0 fully saturated rings. The summed E-state index contributed by atoms with van der Waals surface area (Å²) in [5.41, 5.74) is 0.490. The second-order valence-electron chi connectivity index (χ2n) is 5.04. The van der Waals surface area contributed by atoms with Gasteiger partial charge in [0.05, 0.1) is 35.3 Å². The first kappa shape index (κ1) is 14.5. The molecular formula is C14H18N2O4. The molecule has 0 atom stereocenters. The van der Waals surface area contributed by atoms with Gasteiger partial charge in [-0.25, -0.2) is 9.78 Å². The Morgan fingerprint density at radius 3 is 2.50 bits per heavy atom. The van der Waals surface area contributed by atoms with Crippen LogP contribution >= 0.6 is 0 Å². The molecule has 1 aromatic heterocycles. The minimum Gasteiger partial charge on any atom is -0.478 e. The maximum atomic E-state index is 11.1. The van der Waals surface area contributed by atoms with Gasteiger partial charge in [-0.1, -0.05) is 6.92 Å². The van der Waals surface area contributed by atoms with Gasteiger partial charge in [0.15, 0.2) is 0 Å². The molecule has 6 heteroatoms. The van der Waals surface area contributed by atoms with Crippen LogP contribution in [0.25, 0.3) is 11.0 Å². The molecule has 2 rings (SSSR count). The average molecular weight is 278 g/mol. The standard InChI is InChI=1S/C14H18N2O4/c1-3-12-15-10-5-4-9(13(19)20)6-11(10)16(12)14(2,7-17)8-18/h4-6,17-18H,3,7-8H2,1-2H3,(H,19,20). The van der Waals surface area contributed by atoms with Gasteiger partial charge in [-0.15, -0.1) is 0 Å². The molecule has 108 valence electrons. The number of aromatic nitrogens is 2. The number of aromatic carboxylic acids is 1. The summed E-state index contributed by atoms with van der Waals surface area (Å²) in [6, 6.07) is 4.66. The van der Waals surface area contributed by atoms with E-state index in [4.69, 9.17) is 5.11 Å². The maximum Gasteiger partial charge on any atom is 0.335 e. The van der Waals surface area contributed by atoms with E-state index in [2.05, 4.69) is 4.98 Å². The van der Waals surface area contributed by atoms with Crippen LogP contribution in [-0.4, -0.2) is 44.1 Å². The summed E-state index contributed by atoms with van der Waals surface area (Å²) >= 11 is 0. The van der Waals surface area contributed by atoms with Gasteiger partial charge in [0, 0.05) is 6.42 Å². The van der Waals surface area contributed by atoms with Crippen LogP contribution in [-0.2, 0) is 12.0 Å². The number of aliphatic hydroxyl groups excluding tert-OH is 2. The van der Waals surface area contributed by atoms with Crippen LogP contribution < -0.4 is 0 Å². The topological polar surface area (TPSA) is 95.6 Å². The highest BCUT2D eigenvalue weighted by Crippen LogP contribution is 2.26. The Labute approximate surface area is 116 Å². The fourth-order valence-corrected chi connectivity index (χ4v) is 2.29. The molecule has 0 bridgehead atoms. The molecule has 0 saturated heterocycles. The van der Waals surface area contributed by atoms with Crippen molar-refractivity contribution < 1.29 is 20.1 Å². The van der Waals surface area contributed by atoms with E-state index in [1.807, 2.05) is 6.92 Å². The zero-order valence-electron chi connectivity index (χ0n) is 11.5. The summed E-state index contributed by atoms with van der Waals surface area (Å²) < 4.78 is 1.73. The lowest BCUT2D eigenvalue weighted by Crippen LogP contribution is -2.39. The summed E-state index contributed by atoms with van der Waals surface area (Å²) in [5.74, 6) is -0.319. The van der Waals surface area contributed by atoms with Crippen molar-refractivity contribution in [1.82, 2.24) is 9.55 Å². The number of carboxylic acid groups (broad SMARTS) is 1. The van der Waals surface area contributed by atoms with Gasteiger partial charge in [0.2, 0.25) is 0 Å². The number of benzene rings is 1. The molecule has 6 nitrogen and oxygen atoms in total. The van der Waals surface area contributed by atoms with Gasteiger partial charge in [0.1, 0.15) is 5.82 Å². The number of carboxylic acids is 1. The molecule has 1 heterocycles. The summed E-state index contributed by atoms with van der Waals surface area (Å²) in [7, 11) is 0. The van der Waals surface area contributed by atoms with Crippen LogP contribution in [0.4, 0.5) is 0 Å². The molecule has 0 aliphatic carbocycles. The Balaban J connectivity index is 2.78. The lowest BCUT2D eigenvalue weighted by molar-refractivity contribution is 0.0697. The highest BCUT2D eigenvalue weighted by Gasteiger charge is 2.29. The van der Waals surface area contributed by atoms with Gasteiger partial charge in [-0.3, -0.25) is 0 Å². The lowest BCUT2D eigenvalue weighted by atomic mass is 10.0. The Hall–Kier alpha value is -1.92. The number of imidazole rings is 1. The van der Waals surface area contributed by atoms with Gasteiger partial charge in [-0.2, -0.15) is 0 Å². The van der Waals surface area contributed by atoms with Crippen molar-refractivity contribution in [2.75, 3.05) is 13.2 Å². The molecular weight excluding hydrogens is 260 g/mol. The van der Waals surface area contributed by atoms with Crippen LogP contribution in [0, 0.1) is 0 Å². The number of hydrogen-bond acceptors (Lipinski definition) is 4. The van der Waals surface area contributed by atoms with Crippen LogP contribution in [0.15, 0.2) is 18.2 Å². The molecule has 0 amide bonds. The van der Waals surface area contributed by atoms with Crippen molar-refractivity contribution in [3.63, 3.8) is 0 Å². The second kappa shape index (κ2) is 5.22. The summed E-state index contributed by atoms with van der Waals surface area (Å²) in [6.07, 6.45) is 0.618. The quantitative estimate of drug-likeness (QED) is 0.758. The molecule has 2 aromatic rings. The van der Waals surface area contributed by atoms with Crippen LogP contribution in [0.3, 0.4) is 0 Å². The summed E-state index contributed by atoms with van der Waals surface area (Å²) in [4.78, 5) is 15.5. The molecule has 3 N–H and O–H groups in total. The molecule has 0 unspecified atom stereocenters. The Morgan fingerprint density at radius 1 is 1.35 bits per heavy atom. The number of carbonyl (C=O) groups is 1. The number of rotatable bonds is 5. The van der Waals surface area contributed by atoms with Gasteiger partial charge in [0.25, 0.3) is 0 Å². The molecule has 0 aliphatic heterocycles. The van der Waals surface area contributed by atoms with Crippen LogP contribution in [0.2, 0.25) is 0 Å². The number of nitrogens with zero attached hydrogens (tertiary/aromatic N) is 2. The van der Waals surface area contributed by atoms with Crippen molar-refractivity contribution in [2.24, 2.45) is 0 Å². The molecule has 0 spiro atoms. The number of aryl methyl sites for hydroxylation is 1. The van der Waals surface area contributed by atoms with Crippen molar-refractivity contribution in [2.45, 2.75) is 25.8 Å². The third-order valence-corrected chi connectivity index (χ3v) is 3.51. The van der Waals surface area contributed by atoms with Crippen molar-refractivity contribution in [3.05, 3.63) is 29.6 Å². The van der Waals surface area contributed by atoms with Crippen molar-refractivity contribution in [3.8, 4) is 0 Å². The van der Waals surface area contributed by atoms with Crippen LogP contribution in [0.1, 0.15) is 30.0 Å². The molecule has 0 radical (unpaired) electrons. The van der Waals surface area contributed by atoms with E-state index in [9.17, 15) is 15.0 Å². The minimum atomic E-state index is -1.02. The fraction of sp³-hybridized carbons (Fsp3) is 0.429. The smallest absolute Gasteiger partial charge is 0.335 e. The van der Waals surface area contributed by atoms with E-state index < -0.39 is 11.5 Å². The highest BCUT2D eigenvalue weighted by molar-refractivity contribution is 5.92. The van der Waals surface area contributed by atoms with Gasteiger partial charge >= 0.3 is 5.97 Å². The maximum absolute atomic E-state index is 11.1. The Kier molecular flexibility index (Phi) is 3.78. The zero-order chi connectivity index (χ0) is 14.9. The normalized spacial score (nSPS) is 12.0. The third kappa shape index (κ3) is 2.17. The lowest BCUT2D eigenvalue weighted by Gasteiger charge is -2.29. The SMILES string of the molecule is CCc1nc2ccc(C(=O)O)cc2n1C(C)(CO)CO. The van der Waals surface area contributed by atoms with E-state index in [0.29, 0.717) is 23.3 Å². The van der Waals surface area contributed by atoms with Crippen molar-refractivity contribution >= 4 is 17.0 Å². The van der Waals surface area contributed by atoms with E-state index in [1.54, 1.807) is 17.6 Å². The van der Waals surface area contributed by atoms with E-state index in [1.165, 1.54) is 12.1 Å². The Bertz CT molecular complexity index is 644. The predicted octanol–water partition coefficient (Wildman–Crippen LogP) is 0.997. The molecule has 0 saturated carbocycles. The van der Waals surface area contributed by atoms with Gasteiger partial charge in [-0.05, 0) is 25.1 Å². The first-order chi connectivity index (χ1) is 9.46.